The van der Waals surface area contributed by atoms with Crippen LogP contribution in [0.15, 0.2) is 10.5 Å². The molecule has 0 aliphatic heterocycles. The lowest BCUT2D eigenvalue weighted by Gasteiger charge is -2.19. The summed E-state index contributed by atoms with van der Waals surface area (Å²) in [7, 11) is 4.14. The second-order valence-electron chi connectivity index (χ2n) is 5.64. The highest BCUT2D eigenvalue weighted by Crippen LogP contribution is 2.16. The monoisotopic (exact) mass is 224 g/mol. The van der Waals surface area contributed by atoms with Crippen LogP contribution in [0, 0.1) is 6.92 Å². The topological polar surface area (TPSA) is 28.4 Å². The third kappa shape index (κ3) is 4.37. The van der Waals surface area contributed by atoms with Crippen LogP contribution in [0.2, 0.25) is 0 Å². The van der Waals surface area contributed by atoms with Crippen LogP contribution in [0.1, 0.15) is 37.9 Å². The van der Waals surface area contributed by atoms with Gasteiger partial charge in [0.25, 0.3) is 0 Å². The SMILES string of the molecule is Cc1oc(CNC(C)(C)C)cc1CN(C)C. The van der Waals surface area contributed by atoms with Crippen LogP contribution in [-0.4, -0.2) is 24.5 Å². The molecule has 3 heteroatoms. The van der Waals surface area contributed by atoms with Crippen molar-refractivity contribution >= 4 is 0 Å². The van der Waals surface area contributed by atoms with Crippen molar-refractivity contribution in [1.29, 1.82) is 0 Å². The van der Waals surface area contributed by atoms with Gasteiger partial charge in [-0.1, -0.05) is 0 Å². The summed E-state index contributed by atoms with van der Waals surface area (Å²) in [6.45, 7) is 10.2. The molecule has 1 aromatic heterocycles. The number of aryl methyl sites for hydroxylation is 1. The third-order valence-electron chi connectivity index (χ3n) is 2.35. The molecule has 0 saturated heterocycles. The minimum Gasteiger partial charge on any atom is -0.465 e. The predicted octanol–water partition coefficient (Wildman–Crippen LogP) is 2.54. The molecule has 0 saturated carbocycles. The molecule has 0 spiro atoms. The fourth-order valence-corrected chi connectivity index (χ4v) is 1.52. The maximum absolute atomic E-state index is 5.72. The summed E-state index contributed by atoms with van der Waals surface area (Å²) in [6.07, 6.45) is 0. The Hall–Kier alpha value is -0.800. The Morgan fingerprint density at radius 3 is 2.44 bits per heavy atom. The van der Waals surface area contributed by atoms with Gasteiger partial charge in [0, 0.05) is 17.6 Å². The fourth-order valence-electron chi connectivity index (χ4n) is 1.52. The molecule has 0 aliphatic carbocycles. The average Bonchev–Trinajstić information content (AvgIpc) is 2.42. The molecular weight excluding hydrogens is 200 g/mol. The number of furan rings is 1. The number of hydrogen-bond donors (Lipinski definition) is 1. The summed E-state index contributed by atoms with van der Waals surface area (Å²) < 4.78 is 5.72. The van der Waals surface area contributed by atoms with Crippen molar-refractivity contribution in [2.45, 2.75) is 46.3 Å². The highest BCUT2D eigenvalue weighted by atomic mass is 16.3. The minimum atomic E-state index is 0.127. The highest BCUT2D eigenvalue weighted by molar-refractivity contribution is 5.20. The van der Waals surface area contributed by atoms with Gasteiger partial charge in [-0.2, -0.15) is 0 Å². The third-order valence-corrected chi connectivity index (χ3v) is 2.35. The molecule has 0 amide bonds. The van der Waals surface area contributed by atoms with Crippen molar-refractivity contribution in [1.82, 2.24) is 10.2 Å². The molecular formula is C13H24N2O. The molecule has 1 aromatic rings. The Bertz CT molecular complexity index is 334. The second-order valence-corrected chi connectivity index (χ2v) is 5.64. The van der Waals surface area contributed by atoms with E-state index >= 15 is 0 Å². The molecule has 3 nitrogen and oxygen atoms in total. The molecule has 0 aliphatic rings. The van der Waals surface area contributed by atoms with E-state index in [1.54, 1.807) is 0 Å². The smallest absolute Gasteiger partial charge is 0.118 e. The van der Waals surface area contributed by atoms with Gasteiger partial charge in [0.15, 0.2) is 0 Å². The summed E-state index contributed by atoms with van der Waals surface area (Å²) in [5, 5.41) is 3.42. The van der Waals surface area contributed by atoms with E-state index in [-0.39, 0.29) is 5.54 Å². The van der Waals surface area contributed by atoms with Crippen LogP contribution in [0.3, 0.4) is 0 Å². The predicted molar refractivity (Wildman–Crippen MR) is 67.4 cm³/mol. The largest absolute Gasteiger partial charge is 0.465 e. The first-order valence-corrected chi connectivity index (χ1v) is 5.76. The molecule has 0 atom stereocenters. The van der Waals surface area contributed by atoms with Gasteiger partial charge in [0.05, 0.1) is 6.54 Å². The lowest BCUT2D eigenvalue weighted by atomic mass is 10.1. The van der Waals surface area contributed by atoms with Gasteiger partial charge in [-0.3, -0.25) is 0 Å². The van der Waals surface area contributed by atoms with Gasteiger partial charge in [0.1, 0.15) is 11.5 Å². The van der Waals surface area contributed by atoms with Crippen molar-refractivity contribution in [3.05, 3.63) is 23.2 Å². The first kappa shape index (κ1) is 13.3. The first-order chi connectivity index (χ1) is 7.28. The van der Waals surface area contributed by atoms with E-state index < -0.39 is 0 Å². The van der Waals surface area contributed by atoms with Crippen molar-refractivity contribution in [2.75, 3.05) is 14.1 Å². The Balaban J connectivity index is 2.62. The van der Waals surface area contributed by atoms with E-state index in [4.69, 9.17) is 4.42 Å². The van der Waals surface area contributed by atoms with Crippen LogP contribution in [0.4, 0.5) is 0 Å². The zero-order chi connectivity index (χ0) is 12.3. The summed E-state index contributed by atoms with van der Waals surface area (Å²) in [6, 6.07) is 2.15. The van der Waals surface area contributed by atoms with Gasteiger partial charge in [-0.05, 0) is 47.9 Å². The van der Waals surface area contributed by atoms with Crippen molar-refractivity contribution in [2.24, 2.45) is 0 Å². The van der Waals surface area contributed by atoms with Crippen molar-refractivity contribution in [3.8, 4) is 0 Å². The van der Waals surface area contributed by atoms with E-state index in [1.165, 1.54) is 5.56 Å². The van der Waals surface area contributed by atoms with Crippen LogP contribution in [-0.2, 0) is 13.1 Å². The standard InChI is InChI=1S/C13H24N2O/c1-10-11(9-15(5)6)7-12(16-10)8-14-13(2,3)4/h7,14H,8-9H2,1-6H3. The average molecular weight is 224 g/mol. The fraction of sp³-hybridized carbons (Fsp3) is 0.692. The van der Waals surface area contributed by atoms with E-state index in [1.807, 2.05) is 6.92 Å². The number of nitrogens with one attached hydrogen (secondary N) is 1. The van der Waals surface area contributed by atoms with Crippen LogP contribution in [0.25, 0.3) is 0 Å². The Kier molecular flexibility index (Phi) is 4.16. The molecule has 16 heavy (non-hydrogen) atoms. The number of nitrogens with zero attached hydrogens (tertiary/aromatic N) is 1. The van der Waals surface area contributed by atoms with Crippen molar-refractivity contribution < 1.29 is 4.42 Å². The first-order valence-electron chi connectivity index (χ1n) is 5.76. The zero-order valence-corrected chi connectivity index (χ0v) is 11.3. The Labute approximate surface area is 98.8 Å². The Morgan fingerprint density at radius 2 is 1.94 bits per heavy atom. The van der Waals surface area contributed by atoms with Crippen LogP contribution < -0.4 is 5.32 Å². The molecule has 1 heterocycles. The molecule has 1 rings (SSSR count). The van der Waals surface area contributed by atoms with Gasteiger partial charge in [-0.25, -0.2) is 0 Å². The number of rotatable bonds is 4. The lowest BCUT2D eigenvalue weighted by Crippen LogP contribution is -2.34. The summed E-state index contributed by atoms with van der Waals surface area (Å²) in [4.78, 5) is 2.15. The Morgan fingerprint density at radius 1 is 1.31 bits per heavy atom. The molecule has 0 fully saturated rings. The van der Waals surface area contributed by atoms with Gasteiger partial charge < -0.3 is 14.6 Å². The molecule has 1 N–H and O–H groups in total. The second kappa shape index (κ2) is 5.02. The lowest BCUT2D eigenvalue weighted by molar-refractivity contribution is 0.378. The minimum absolute atomic E-state index is 0.127. The van der Waals surface area contributed by atoms with Gasteiger partial charge >= 0.3 is 0 Å². The van der Waals surface area contributed by atoms with Crippen molar-refractivity contribution in [3.63, 3.8) is 0 Å². The molecule has 92 valence electrons. The van der Waals surface area contributed by atoms with Gasteiger partial charge in [0.2, 0.25) is 0 Å². The molecule has 0 unspecified atom stereocenters. The van der Waals surface area contributed by atoms with E-state index in [0.29, 0.717) is 0 Å². The molecule has 0 bridgehead atoms. The maximum atomic E-state index is 5.72. The summed E-state index contributed by atoms with van der Waals surface area (Å²) >= 11 is 0. The van der Waals surface area contributed by atoms with Crippen LogP contribution in [0.5, 0.6) is 0 Å². The maximum Gasteiger partial charge on any atom is 0.118 e. The zero-order valence-electron chi connectivity index (χ0n) is 11.3. The normalized spacial score (nSPS) is 12.4. The summed E-state index contributed by atoms with van der Waals surface area (Å²) in [5.74, 6) is 2.05. The summed E-state index contributed by atoms with van der Waals surface area (Å²) in [5.41, 5.74) is 1.40. The molecule has 0 aromatic carbocycles. The highest BCUT2D eigenvalue weighted by Gasteiger charge is 2.12. The quantitative estimate of drug-likeness (QED) is 0.852. The van der Waals surface area contributed by atoms with Gasteiger partial charge in [-0.15, -0.1) is 0 Å². The van der Waals surface area contributed by atoms with Crippen LogP contribution >= 0.6 is 0 Å². The van der Waals surface area contributed by atoms with E-state index in [2.05, 4.69) is 51.1 Å². The van der Waals surface area contributed by atoms with E-state index in [0.717, 1.165) is 24.6 Å². The molecule has 0 radical (unpaired) electrons. The van der Waals surface area contributed by atoms with E-state index in [9.17, 15) is 0 Å². The number of hydrogen-bond acceptors (Lipinski definition) is 3.